The van der Waals surface area contributed by atoms with Crippen LogP contribution in [0, 0.1) is 19.7 Å². The van der Waals surface area contributed by atoms with E-state index in [0.717, 1.165) is 17.2 Å². The van der Waals surface area contributed by atoms with Gasteiger partial charge in [0.1, 0.15) is 5.82 Å². The van der Waals surface area contributed by atoms with Crippen LogP contribution in [0.3, 0.4) is 0 Å². The number of nitrogen functional groups attached to an aromatic ring is 1. The predicted molar refractivity (Wildman–Crippen MR) is 74.7 cm³/mol. The Morgan fingerprint density at radius 3 is 2.32 bits per heavy atom. The topological polar surface area (TPSA) is 55.1 Å². The predicted octanol–water partition coefficient (Wildman–Crippen LogP) is 3.28. The third-order valence-corrected chi connectivity index (χ3v) is 2.74. The molecule has 0 radical (unpaired) electrons. The van der Waals surface area contributed by atoms with Crippen LogP contribution >= 0.6 is 0 Å². The molecule has 0 aliphatic carbocycles. The fourth-order valence-corrected chi connectivity index (χ4v) is 1.99. The summed E-state index contributed by atoms with van der Waals surface area (Å²) in [5, 5.41) is 2.76. The summed E-state index contributed by atoms with van der Waals surface area (Å²) in [4.78, 5) is 12.1. The highest BCUT2D eigenvalue weighted by Gasteiger charge is 2.10. The maximum absolute atomic E-state index is 12.9. The average molecular weight is 258 g/mol. The van der Waals surface area contributed by atoms with E-state index in [1.165, 1.54) is 12.1 Å². The van der Waals surface area contributed by atoms with Gasteiger partial charge in [-0.1, -0.05) is 6.07 Å². The van der Waals surface area contributed by atoms with Gasteiger partial charge in [0.25, 0.3) is 5.91 Å². The molecule has 0 aromatic heterocycles. The SMILES string of the molecule is Cc1cc(C)cc(NC(=O)c2ccc(F)cc2N)c1. The molecule has 0 saturated carbocycles. The van der Waals surface area contributed by atoms with E-state index in [9.17, 15) is 9.18 Å². The van der Waals surface area contributed by atoms with Crippen LogP contribution in [0.25, 0.3) is 0 Å². The minimum atomic E-state index is -0.458. The maximum Gasteiger partial charge on any atom is 0.257 e. The summed E-state index contributed by atoms with van der Waals surface area (Å²) in [6, 6.07) is 9.48. The lowest BCUT2D eigenvalue weighted by Gasteiger charge is -2.09. The molecule has 0 atom stereocenters. The van der Waals surface area contributed by atoms with Crippen molar-refractivity contribution in [2.75, 3.05) is 11.1 Å². The van der Waals surface area contributed by atoms with E-state index in [1.807, 2.05) is 32.0 Å². The van der Waals surface area contributed by atoms with Crippen LogP contribution in [-0.4, -0.2) is 5.91 Å². The largest absolute Gasteiger partial charge is 0.398 e. The molecule has 2 aromatic rings. The molecule has 2 rings (SSSR count). The summed E-state index contributed by atoms with van der Waals surface area (Å²) >= 11 is 0. The number of hydrogen-bond donors (Lipinski definition) is 2. The van der Waals surface area contributed by atoms with E-state index in [1.54, 1.807) is 0 Å². The molecular weight excluding hydrogens is 243 g/mol. The number of halogens is 1. The van der Waals surface area contributed by atoms with Gasteiger partial charge >= 0.3 is 0 Å². The number of nitrogens with two attached hydrogens (primary N) is 1. The lowest BCUT2D eigenvalue weighted by molar-refractivity contribution is 0.102. The van der Waals surface area contributed by atoms with Gasteiger partial charge in [0.15, 0.2) is 0 Å². The first kappa shape index (κ1) is 13.1. The first-order chi connectivity index (χ1) is 8.95. The molecule has 0 unspecified atom stereocenters. The minimum absolute atomic E-state index is 0.127. The Hall–Kier alpha value is -2.36. The molecule has 0 fully saturated rings. The van der Waals surface area contributed by atoms with Crippen LogP contribution < -0.4 is 11.1 Å². The van der Waals surface area contributed by atoms with E-state index in [2.05, 4.69) is 5.32 Å². The van der Waals surface area contributed by atoms with Gasteiger partial charge in [-0.25, -0.2) is 4.39 Å². The van der Waals surface area contributed by atoms with Crippen LogP contribution in [0.1, 0.15) is 21.5 Å². The van der Waals surface area contributed by atoms with Gasteiger partial charge in [0.2, 0.25) is 0 Å². The molecule has 19 heavy (non-hydrogen) atoms. The normalized spacial score (nSPS) is 10.3. The van der Waals surface area contributed by atoms with Crippen molar-refractivity contribution in [3.8, 4) is 0 Å². The highest BCUT2D eigenvalue weighted by Crippen LogP contribution is 2.18. The monoisotopic (exact) mass is 258 g/mol. The number of carbonyl (C=O) groups is 1. The van der Waals surface area contributed by atoms with Gasteiger partial charge < -0.3 is 11.1 Å². The van der Waals surface area contributed by atoms with Gasteiger partial charge in [-0.3, -0.25) is 4.79 Å². The van der Waals surface area contributed by atoms with Gasteiger partial charge in [0, 0.05) is 11.4 Å². The second-order valence-corrected chi connectivity index (χ2v) is 4.56. The molecule has 3 N–H and O–H groups in total. The van der Waals surface area contributed by atoms with Crippen LogP contribution in [0.5, 0.6) is 0 Å². The lowest BCUT2D eigenvalue weighted by Crippen LogP contribution is -2.14. The van der Waals surface area contributed by atoms with Crippen LogP contribution in [0.2, 0.25) is 0 Å². The second kappa shape index (κ2) is 5.10. The first-order valence-corrected chi connectivity index (χ1v) is 5.90. The number of carbonyl (C=O) groups excluding carboxylic acids is 1. The van der Waals surface area contributed by atoms with Crippen molar-refractivity contribution in [1.29, 1.82) is 0 Å². The first-order valence-electron chi connectivity index (χ1n) is 5.90. The number of amides is 1. The summed E-state index contributed by atoms with van der Waals surface area (Å²) in [5.74, 6) is -0.803. The van der Waals surface area contributed by atoms with Gasteiger partial charge in [-0.2, -0.15) is 0 Å². The molecular formula is C15H15FN2O. The Morgan fingerprint density at radius 1 is 1.11 bits per heavy atom. The lowest BCUT2D eigenvalue weighted by atomic mass is 10.1. The van der Waals surface area contributed by atoms with Crippen molar-refractivity contribution in [1.82, 2.24) is 0 Å². The Labute approximate surface area is 111 Å². The number of benzene rings is 2. The number of nitrogens with one attached hydrogen (secondary N) is 1. The fourth-order valence-electron chi connectivity index (χ4n) is 1.99. The van der Waals surface area contributed by atoms with Crippen molar-refractivity contribution in [2.24, 2.45) is 0 Å². The van der Waals surface area contributed by atoms with E-state index in [4.69, 9.17) is 5.73 Å². The summed E-state index contributed by atoms with van der Waals surface area (Å²) in [7, 11) is 0. The van der Waals surface area contributed by atoms with Crippen molar-refractivity contribution in [3.63, 3.8) is 0 Å². The fraction of sp³-hybridized carbons (Fsp3) is 0.133. The number of hydrogen-bond acceptors (Lipinski definition) is 2. The quantitative estimate of drug-likeness (QED) is 0.812. The Kier molecular flexibility index (Phi) is 3.51. The van der Waals surface area contributed by atoms with Crippen molar-refractivity contribution in [3.05, 3.63) is 58.9 Å². The maximum atomic E-state index is 12.9. The Bertz CT molecular complexity index is 618. The number of anilines is 2. The van der Waals surface area contributed by atoms with Crippen LogP contribution in [0.4, 0.5) is 15.8 Å². The summed E-state index contributed by atoms with van der Waals surface area (Å²) in [5.41, 5.74) is 8.84. The smallest absolute Gasteiger partial charge is 0.257 e. The molecule has 0 aliphatic rings. The zero-order valence-electron chi connectivity index (χ0n) is 10.8. The molecule has 2 aromatic carbocycles. The Balaban J connectivity index is 2.25. The van der Waals surface area contributed by atoms with Crippen molar-refractivity contribution < 1.29 is 9.18 Å². The third kappa shape index (κ3) is 3.10. The number of rotatable bonds is 2. The van der Waals surface area contributed by atoms with Crippen LogP contribution in [0.15, 0.2) is 36.4 Å². The van der Waals surface area contributed by atoms with E-state index < -0.39 is 5.82 Å². The molecule has 0 spiro atoms. The highest BCUT2D eigenvalue weighted by molar-refractivity contribution is 6.07. The van der Waals surface area contributed by atoms with Crippen molar-refractivity contribution >= 4 is 17.3 Å². The standard InChI is InChI=1S/C15H15FN2O/c1-9-5-10(2)7-12(6-9)18-15(19)13-4-3-11(16)8-14(13)17/h3-8H,17H2,1-2H3,(H,18,19). The summed E-state index contributed by atoms with van der Waals surface area (Å²) in [6.07, 6.45) is 0. The van der Waals surface area contributed by atoms with Crippen LogP contribution in [-0.2, 0) is 0 Å². The van der Waals surface area contributed by atoms with Crippen molar-refractivity contribution in [2.45, 2.75) is 13.8 Å². The van der Waals surface area contributed by atoms with Gasteiger partial charge in [0.05, 0.1) is 5.56 Å². The van der Waals surface area contributed by atoms with E-state index in [0.29, 0.717) is 5.69 Å². The molecule has 3 nitrogen and oxygen atoms in total. The van der Waals surface area contributed by atoms with E-state index in [-0.39, 0.29) is 17.2 Å². The molecule has 0 bridgehead atoms. The second-order valence-electron chi connectivity index (χ2n) is 4.56. The zero-order valence-corrected chi connectivity index (χ0v) is 10.8. The molecule has 98 valence electrons. The van der Waals surface area contributed by atoms with E-state index >= 15 is 0 Å². The molecule has 1 amide bonds. The molecule has 0 saturated heterocycles. The average Bonchev–Trinajstić information content (AvgIpc) is 2.26. The molecule has 4 heteroatoms. The minimum Gasteiger partial charge on any atom is -0.398 e. The van der Waals surface area contributed by atoms with Gasteiger partial charge in [-0.15, -0.1) is 0 Å². The number of aryl methyl sites for hydroxylation is 2. The zero-order chi connectivity index (χ0) is 14.0. The molecule has 0 heterocycles. The highest BCUT2D eigenvalue weighted by atomic mass is 19.1. The summed E-state index contributed by atoms with van der Waals surface area (Å²) < 4.78 is 12.9. The molecule has 0 aliphatic heterocycles. The Morgan fingerprint density at radius 2 is 1.74 bits per heavy atom. The van der Waals surface area contributed by atoms with Gasteiger partial charge in [-0.05, 0) is 55.3 Å². The summed E-state index contributed by atoms with van der Waals surface area (Å²) in [6.45, 7) is 3.91. The third-order valence-electron chi connectivity index (χ3n) is 2.74.